The van der Waals surface area contributed by atoms with Gasteiger partial charge in [0.2, 0.25) is 0 Å². The van der Waals surface area contributed by atoms with Crippen LogP contribution < -0.4 is 5.32 Å². The van der Waals surface area contributed by atoms with Crippen molar-refractivity contribution in [3.05, 3.63) is 27.7 Å². The summed E-state index contributed by atoms with van der Waals surface area (Å²) in [5, 5.41) is 4.87. The molecule has 1 unspecified atom stereocenters. The molecule has 2 rings (SSSR count). The van der Waals surface area contributed by atoms with E-state index in [1.807, 2.05) is 0 Å². The zero-order chi connectivity index (χ0) is 12.6. The Morgan fingerprint density at radius 1 is 1.29 bits per heavy atom. The third-order valence-corrected chi connectivity index (χ3v) is 3.81. The van der Waals surface area contributed by atoms with Gasteiger partial charge >= 0.3 is 0 Å². The number of hydrogen-bond donors (Lipinski definition) is 1. The van der Waals surface area contributed by atoms with Crippen LogP contribution in [0.3, 0.4) is 0 Å². The zero-order valence-electron chi connectivity index (χ0n) is 10.6. The van der Waals surface area contributed by atoms with E-state index in [4.69, 9.17) is 23.2 Å². The molecule has 0 spiro atoms. The minimum absolute atomic E-state index is 0.380. The Morgan fingerprint density at radius 2 is 2.00 bits per heavy atom. The Labute approximate surface area is 114 Å². The summed E-state index contributed by atoms with van der Waals surface area (Å²) >= 11 is 12.3. The number of anilines is 1. The van der Waals surface area contributed by atoms with E-state index >= 15 is 0 Å². The van der Waals surface area contributed by atoms with Crippen molar-refractivity contribution in [1.82, 2.24) is 0 Å². The Balaban J connectivity index is 2.16. The van der Waals surface area contributed by atoms with Gasteiger partial charge in [0, 0.05) is 17.5 Å². The Kier molecular flexibility index (Phi) is 3.61. The maximum absolute atomic E-state index is 6.18. The van der Waals surface area contributed by atoms with E-state index < -0.39 is 0 Å². The van der Waals surface area contributed by atoms with Crippen LogP contribution in [0, 0.1) is 5.41 Å². The van der Waals surface area contributed by atoms with E-state index in [9.17, 15) is 0 Å². The molecule has 1 N–H and O–H groups in total. The van der Waals surface area contributed by atoms with Crippen LogP contribution in [-0.4, -0.2) is 6.54 Å². The summed E-state index contributed by atoms with van der Waals surface area (Å²) in [7, 11) is 0. The van der Waals surface area contributed by atoms with Gasteiger partial charge in [0.05, 0.1) is 10.7 Å². The summed E-state index contributed by atoms with van der Waals surface area (Å²) < 4.78 is 0. The molecule has 1 aliphatic heterocycles. The van der Waals surface area contributed by atoms with E-state index in [1.54, 1.807) is 6.07 Å². The van der Waals surface area contributed by atoms with Crippen LogP contribution in [0.15, 0.2) is 12.1 Å². The first-order chi connectivity index (χ1) is 7.87. The highest BCUT2D eigenvalue weighted by Crippen LogP contribution is 2.42. The molecule has 17 heavy (non-hydrogen) atoms. The maximum atomic E-state index is 6.18. The summed E-state index contributed by atoms with van der Waals surface area (Å²) in [5.41, 5.74) is 2.74. The molecule has 1 aromatic carbocycles. The third-order valence-electron chi connectivity index (χ3n) is 3.29. The number of fused-ring (bicyclic) bond motifs is 1. The molecule has 94 valence electrons. The first-order valence-corrected chi connectivity index (χ1v) is 6.85. The van der Waals surface area contributed by atoms with E-state index in [-0.39, 0.29) is 0 Å². The fraction of sp³-hybridized carbons (Fsp3) is 0.571. The number of rotatable bonds is 2. The predicted octanol–water partition coefficient (Wildman–Crippen LogP) is 5.33. The zero-order valence-corrected chi connectivity index (χ0v) is 12.1. The molecule has 1 aromatic rings. The second-order valence-corrected chi connectivity index (χ2v) is 6.87. The van der Waals surface area contributed by atoms with Crippen molar-refractivity contribution in [1.29, 1.82) is 0 Å². The molecule has 1 heterocycles. The van der Waals surface area contributed by atoms with Crippen molar-refractivity contribution < 1.29 is 0 Å². The molecule has 0 saturated heterocycles. The molecule has 0 aromatic heterocycles. The van der Waals surface area contributed by atoms with Gasteiger partial charge in [-0.25, -0.2) is 0 Å². The van der Waals surface area contributed by atoms with Crippen molar-refractivity contribution >= 4 is 28.9 Å². The predicted molar refractivity (Wildman–Crippen MR) is 76.4 cm³/mol. The quantitative estimate of drug-likeness (QED) is 0.767. The van der Waals surface area contributed by atoms with Gasteiger partial charge in [-0.2, -0.15) is 0 Å². The fourth-order valence-electron chi connectivity index (χ4n) is 2.30. The minimum Gasteiger partial charge on any atom is -0.383 e. The fourth-order valence-corrected chi connectivity index (χ4v) is 2.88. The average Bonchev–Trinajstić information content (AvgIpc) is 2.57. The van der Waals surface area contributed by atoms with E-state index in [0.717, 1.165) is 22.3 Å². The summed E-state index contributed by atoms with van der Waals surface area (Å²) in [5.74, 6) is 0.542. The van der Waals surface area contributed by atoms with Crippen LogP contribution in [0.4, 0.5) is 5.69 Å². The van der Waals surface area contributed by atoms with Crippen molar-refractivity contribution in [3.8, 4) is 0 Å². The van der Waals surface area contributed by atoms with Gasteiger partial charge in [0.1, 0.15) is 0 Å². The highest BCUT2D eigenvalue weighted by atomic mass is 35.5. The van der Waals surface area contributed by atoms with E-state index in [2.05, 4.69) is 32.2 Å². The van der Waals surface area contributed by atoms with Crippen LogP contribution in [0.1, 0.15) is 45.1 Å². The third kappa shape index (κ3) is 3.08. The lowest BCUT2D eigenvalue weighted by Gasteiger charge is -2.20. The number of nitrogens with one attached hydrogen (secondary N) is 1. The molecule has 3 heteroatoms. The van der Waals surface area contributed by atoms with Gasteiger partial charge in [0.25, 0.3) is 0 Å². The average molecular weight is 272 g/mol. The molecule has 0 amide bonds. The lowest BCUT2D eigenvalue weighted by molar-refractivity contribution is 0.352. The van der Waals surface area contributed by atoms with Gasteiger partial charge in [0.15, 0.2) is 0 Å². The largest absolute Gasteiger partial charge is 0.383 e. The molecular formula is C14H19Cl2N. The van der Waals surface area contributed by atoms with Crippen LogP contribution >= 0.6 is 23.2 Å². The Bertz CT molecular complexity index is 421. The van der Waals surface area contributed by atoms with Gasteiger partial charge in [-0.1, -0.05) is 44.0 Å². The maximum Gasteiger partial charge on any atom is 0.0655 e. The first kappa shape index (κ1) is 13.0. The van der Waals surface area contributed by atoms with E-state index in [1.165, 1.54) is 18.4 Å². The monoisotopic (exact) mass is 271 g/mol. The standard InChI is InChI=1S/C14H19Cl2N/c1-14(2,3)5-4-9-8-17-13-11(9)6-10(15)7-12(13)16/h6-7,9,17H,4-5,8H2,1-3H3. The highest BCUT2D eigenvalue weighted by Gasteiger charge is 2.26. The second-order valence-electron chi connectivity index (χ2n) is 6.03. The molecule has 0 bridgehead atoms. The second kappa shape index (κ2) is 4.70. The van der Waals surface area contributed by atoms with Gasteiger partial charge in [-0.3, -0.25) is 0 Å². The normalized spacial score (nSPS) is 19.0. The topological polar surface area (TPSA) is 12.0 Å². The smallest absolute Gasteiger partial charge is 0.0655 e. The number of halogens is 2. The van der Waals surface area contributed by atoms with Crippen molar-refractivity contribution in [2.75, 3.05) is 11.9 Å². The molecule has 0 fully saturated rings. The lowest BCUT2D eigenvalue weighted by Crippen LogP contribution is -2.09. The Morgan fingerprint density at radius 3 is 2.65 bits per heavy atom. The van der Waals surface area contributed by atoms with Crippen LogP contribution in [0.2, 0.25) is 10.0 Å². The highest BCUT2D eigenvalue weighted by molar-refractivity contribution is 6.36. The first-order valence-electron chi connectivity index (χ1n) is 6.09. The number of benzene rings is 1. The van der Waals surface area contributed by atoms with Crippen molar-refractivity contribution in [2.24, 2.45) is 5.41 Å². The SMILES string of the molecule is CC(C)(C)CCC1CNc2c(Cl)cc(Cl)cc21. The van der Waals surface area contributed by atoms with Crippen LogP contribution in [0.25, 0.3) is 0 Å². The lowest BCUT2D eigenvalue weighted by atomic mass is 9.85. The molecule has 0 saturated carbocycles. The molecule has 1 atom stereocenters. The van der Waals surface area contributed by atoms with Gasteiger partial charge < -0.3 is 5.32 Å². The molecule has 1 aliphatic rings. The summed E-state index contributed by atoms with van der Waals surface area (Å²) in [6.07, 6.45) is 2.39. The Hall–Kier alpha value is -0.400. The van der Waals surface area contributed by atoms with Gasteiger partial charge in [-0.15, -0.1) is 0 Å². The summed E-state index contributed by atoms with van der Waals surface area (Å²) in [6.45, 7) is 7.81. The van der Waals surface area contributed by atoms with Crippen molar-refractivity contribution in [2.45, 2.75) is 39.5 Å². The molecule has 0 radical (unpaired) electrons. The van der Waals surface area contributed by atoms with Crippen LogP contribution in [-0.2, 0) is 0 Å². The van der Waals surface area contributed by atoms with Gasteiger partial charge in [-0.05, 0) is 36.0 Å². The molecular weight excluding hydrogens is 253 g/mol. The minimum atomic E-state index is 0.380. The summed E-state index contributed by atoms with van der Waals surface area (Å²) in [4.78, 5) is 0. The summed E-state index contributed by atoms with van der Waals surface area (Å²) in [6, 6.07) is 3.86. The van der Waals surface area contributed by atoms with E-state index in [0.29, 0.717) is 11.3 Å². The molecule has 0 aliphatic carbocycles. The van der Waals surface area contributed by atoms with Crippen molar-refractivity contribution in [3.63, 3.8) is 0 Å². The number of hydrogen-bond acceptors (Lipinski definition) is 1. The van der Waals surface area contributed by atoms with Crippen LogP contribution in [0.5, 0.6) is 0 Å². The molecule has 1 nitrogen and oxygen atoms in total.